The van der Waals surface area contributed by atoms with Gasteiger partial charge in [0.05, 0.1) is 34.3 Å². The molecule has 0 radical (unpaired) electrons. The molecule has 0 bridgehead atoms. The van der Waals surface area contributed by atoms with Crippen LogP contribution in [-0.2, 0) is 28.3 Å². The minimum atomic E-state index is -4.75. The first kappa shape index (κ1) is 24.5. The maximum atomic E-state index is 13.5. The molecule has 0 aliphatic heterocycles. The lowest BCUT2D eigenvalue weighted by molar-refractivity contribution is -0.137. The Morgan fingerprint density at radius 3 is 2.51 bits per heavy atom. The van der Waals surface area contributed by atoms with Crippen molar-refractivity contribution in [3.8, 4) is 6.07 Å². The Bertz CT molecular complexity index is 1390. The van der Waals surface area contributed by atoms with E-state index in [2.05, 4.69) is 5.32 Å². The fraction of sp³-hybridized carbons (Fsp3) is 0.400. The van der Waals surface area contributed by atoms with Crippen LogP contribution in [0.2, 0.25) is 0 Å². The Hall–Kier alpha value is -3.58. The number of aryl methyl sites for hydroxylation is 1. The van der Waals surface area contributed by atoms with Gasteiger partial charge in [-0.1, -0.05) is 6.07 Å². The molecule has 1 unspecified atom stereocenters. The number of fused-ring (bicyclic) bond motifs is 1. The number of carbonyl (C=O) groups excluding carboxylic acids is 1. The van der Waals surface area contributed by atoms with Crippen molar-refractivity contribution in [3.63, 3.8) is 0 Å². The molecule has 1 aliphatic rings. The van der Waals surface area contributed by atoms with Gasteiger partial charge in [0.25, 0.3) is 5.91 Å². The SMILES string of the molecule is CCOC(C)c1ccc2c(c1)n(C)c(=O)n2C1(C(=O)Nc2ccc(C#N)c(C(F)(F)F)c2)CCC1. The van der Waals surface area contributed by atoms with E-state index in [1.54, 1.807) is 13.1 Å². The summed E-state index contributed by atoms with van der Waals surface area (Å²) in [6, 6.07) is 10.0. The number of imidazole rings is 1. The second-order valence-corrected chi connectivity index (χ2v) is 8.73. The van der Waals surface area contributed by atoms with E-state index < -0.39 is 28.7 Å². The van der Waals surface area contributed by atoms with E-state index >= 15 is 0 Å². The Balaban J connectivity index is 1.75. The van der Waals surface area contributed by atoms with Crippen molar-refractivity contribution in [1.29, 1.82) is 5.26 Å². The molecular formula is C25H25F3N4O3. The number of amides is 1. The number of halogens is 3. The number of benzene rings is 2. The zero-order valence-electron chi connectivity index (χ0n) is 19.6. The van der Waals surface area contributed by atoms with Crippen molar-refractivity contribution in [1.82, 2.24) is 9.13 Å². The lowest BCUT2D eigenvalue weighted by Gasteiger charge is -2.41. The number of anilines is 1. The van der Waals surface area contributed by atoms with Gasteiger partial charge in [0, 0.05) is 19.3 Å². The molecule has 1 saturated carbocycles. The van der Waals surface area contributed by atoms with Gasteiger partial charge in [-0.25, -0.2) is 4.79 Å². The number of rotatable bonds is 6. The molecular weight excluding hydrogens is 461 g/mol. The van der Waals surface area contributed by atoms with E-state index in [4.69, 9.17) is 10.00 Å². The zero-order chi connectivity index (χ0) is 25.5. The maximum Gasteiger partial charge on any atom is 0.417 e. The molecule has 1 fully saturated rings. The molecule has 0 saturated heterocycles. The van der Waals surface area contributed by atoms with Gasteiger partial charge in [-0.15, -0.1) is 0 Å². The first-order valence-electron chi connectivity index (χ1n) is 11.3. The average Bonchev–Trinajstić information content (AvgIpc) is 3.03. The minimum absolute atomic E-state index is 0.0892. The molecule has 3 aromatic rings. The number of ether oxygens (including phenoxy) is 1. The van der Waals surface area contributed by atoms with Gasteiger partial charge in [-0.2, -0.15) is 18.4 Å². The zero-order valence-corrected chi connectivity index (χ0v) is 19.6. The predicted octanol–water partition coefficient (Wildman–Crippen LogP) is 4.85. The van der Waals surface area contributed by atoms with Gasteiger partial charge in [-0.05, 0) is 69.0 Å². The highest BCUT2D eigenvalue weighted by molar-refractivity contribution is 5.98. The molecule has 1 aromatic heterocycles. The van der Waals surface area contributed by atoms with Crippen LogP contribution in [-0.4, -0.2) is 21.6 Å². The van der Waals surface area contributed by atoms with Gasteiger partial charge in [0.15, 0.2) is 0 Å². The monoisotopic (exact) mass is 486 g/mol. The van der Waals surface area contributed by atoms with Crippen molar-refractivity contribution in [2.75, 3.05) is 11.9 Å². The third-order valence-corrected chi connectivity index (χ3v) is 6.70. The molecule has 35 heavy (non-hydrogen) atoms. The molecule has 1 heterocycles. The normalized spacial score (nSPS) is 15.9. The number of nitrogens with zero attached hydrogens (tertiary/aromatic N) is 3. The Labute approximate surface area is 199 Å². The quantitative estimate of drug-likeness (QED) is 0.540. The van der Waals surface area contributed by atoms with E-state index in [0.29, 0.717) is 36.9 Å². The first-order valence-corrected chi connectivity index (χ1v) is 11.3. The van der Waals surface area contributed by atoms with Crippen LogP contribution in [0.15, 0.2) is 41.2 Å². The summed E-state index contributed by atoms with van der Waals surface area (Å²) in [5, 5.41) is 11.6. The van der Waals surface area contributed by atoms with Gasteiger partial charge in [-0.3, -0.25) is 13.9 Å². The summed E-state index contributed by atoms with van der Waals surface area (Å²) >= 11 is 0. The predicted molar refractivity (Wildman–Crippen MR) is 124 cm³/mol. The van der Waals surface area contributed by atoms with Crippen molar-refractivity contribution in [3.05, 3.63) is 63.6 Å². The Kier molecular flexibility index (Phi) is 6.23. The molecule has 10 heteroatoms. The van der Waals surface area contributed by atoms with Gasteiger partial charge < -0.3 is 10.1 Å². The van der Waals surface area contributed by atoms with Crippen molar-refractivity contribution in [2.24, 2.45) is 7.05 Å². The van der Waals surface area contributed by atoms with Gasteiger partial charge in [0.1, 0.15) is 5.54 Å². The summed E-state index contributed by atoms with van der Waals surface area (Å²) in [7, 11) is 1.62. The van der Waals surface area contributed by atoms with Crippen LogP contribution in [0.4, 0.5) is 18.9 Å². The van der Waals surface area contributed by atoms with Crippen LogP contribution in [0, 0.1) is 11.3 Å². The highest BCUT2D eigenvalue weighted by Crippen LogP contribution is 2.42. The number of hydrogen-bond acceptors (Lipinski definition) is 4. The number of nitrogens with one attached hydrogen (secondary N) is 1. The Morgan fingerprint density at radius 1 is 1.23 bits per heavy atom. The van der Waals surface area contributed by atoms with Gasteiger partial charge >= 0.3 is 11.9 Å². The van der Waals surface area contributed by atoms with E-state index in [0.717, 1.165) is 17.7 Å². The standard InChI is InChI=1S/C25H25F3N4O3/c1-4-35-15(2)16-7-9-20-21(12-16)31(3)23(34)32(20)24(10-5-11-24)22(33)30-18-8-6-17(14-29)19(13-18)25(26,27)28/h6-9,12-13,15H,4-5,10-11H2,1-3H3,(H,30,33). The molecule has 1 amide bonds. The second kappa shape index (κ2) is 8.89. The van der Waals surface area contributed by atoms with E-state index in [1.165, 1.54) is 21.3 Å². The largest absolute Gasteiger partial charge is 0.417 e. The first-order chi connectivity index (χ1) is 16.5. The number of alkyl halides is 3. The number of carbonyl (C=O) groups is 1. The van der Waals surface area contributed by atoms with E-state index in [1.807, 2.05) is 26.0 Å². The van der Waals surface area contributed by atoms with Crippen molar-refractivity contribution in [2.45, 2.75) is 50.9 Å². The molecule has 1 aliphatic carbocycles. The fourth-order valence-electron chi connectivity index (χ4n) is 4.63. The fourth-order valence-corrected chi connectivity index (χ4v) is 4.63. The van der Waals surface area contributed by atoms with Crippen LogP contribution in [0.5, 0.6) is 0 Å². The van der Waals surface area contributed by atoms with Gasteiger partial charge in [0.2, 0.25) is 0 Å². The minimum Gasteiger partial charge on any atom is -0.374 e. The second-order valence-electron chi connectivity index (χ2n) is 8.73. The highest BCUT2D eigenvalue weighted by Gasteiger charge is 2.48. The van der Waals surface area contributed by atoms with E-state index in [9.17, 15) is 22.8 Å². The molecule has 1 N–H and O–H groups in total. The van der Waals surface area contributed by atoms with Crippen LogP contribution in [0.3, 0.4) is 0 Å². The van der Waals surface area contributed by atoms with Crippen LogP contribution in [0.25, 0.3) is 11.0 Å². The maximum absolute atomic E-state index is 13.5. The topological polar surface area (TPSA) is 89.0 Å². The number of aromatic nitrogens is 2. The third-order valence-electron chi connectivity index (χ3n) is 6.70. The summed E-state index contributed by atoms with van der Waals surface area (Å²) < 4.78 is 48.7. The summed E-state index contributed by atoms with van der Waals surface area (Å²) in [6.45, 7) is 4.34. The summed E-state index contributed by atoms with van der Waals surface area (Å²) in [4.78, 5) is 26.7. The smallest absolute Gasteiger partial charge is 0.374 e. The number of nitriles is 1. The molecule has 1 atom stereocenters. The number of hydrogen-bond donors (Lipinski definition) is 1. The van der Waals surface area contributed by atoms with Crippen LogP contribution >= 0.6 is 0 Å². The Morgan fingerprint density at radius 2 is 1.94 bits per heavy atom. The molecule has 7 nitrogen and oxygen atoms in total. The average molecular weight is 486 g/mol. The molecule has 0 spiro atoms. The van der Waals surface area contributed by atoms with Crippen molar-refractivity contribution < 1.29 is 22.7 Å². The molecule has 2 aromatic carbocycles. The summed E-state index contributed by atoms with van der Waals surface area (Å²) in [5.41, 5.74) is -1.27. The lowest BCUT2D eigenvalue weighted by atomic mass is 9.75. The third kappa shape index (κ3) is 4.10. The summed E-state index contributed by atoms with van der Waals surface area (Å²) in [6.07, 6.45) is -3.49. The van der Waals surface area contributed by atoms with E-state index in [-0.39, 0.29) is 17.5 Å². The lowest BCUT2D eigenvalue weighted by Crippen LogP contribution is -2.54. The molecule has 4 rings (SSSR count). The molecule has 184 valence electrons. The van der Waals surface area contributed by atoms with Crippen LogP contribution < -0.4 is 11.0 Å². The summed E-state index contributed by atoms with van der Waals surface area (Å²) in [5.74, 6) is -0.567. The van der Waals surface area contributed by atoms with Crippen LogP contribution in [0.1, 0.15) is 55.9 Å². The van der Waals surface area contributed by atoms with Crippen molar-refractivity contribution >= 4 is 22.6 Å². The highest BCUT2D eigenvalue weighted by atomic mass is 19.4.